The van der Waals surface area contributed by atoms with E-state index in [-0.39, 0.29) is 30.4 Å². The third-order valence-corrected chi connectivity index (χ3v) is 4.24. The van der Waals surface area contributed by atoms with Crippen LogP contribution in [0.5, 0.6) is 5.75 Å². The maximum atomic E-state index is 12.3. The number of para-hydroxylation sites is 1. The van der Waals surface area contributed by atoms with Crippen molar-refractivity contribution in [2.75, 3.05) is 13.7 Å². The highest BCUT2D eigenvalue weighted by Crippen LogP contribution is 2.50. The predicted octanol–water partition coefficient (Wildman–Crippen LogP) is 2.32. The second-order valence-corrected chi connectivity index (χ2v) is 6.06. The normalized spacial score (nSPS) is 22.0. The van der Waals surface area contributed by atoms with Gasteiger partial charge in [-0.2, -0.15) is 0 Å². The summed E-state index contributed by atoms with van der Waals surface area (Å²) in [5.41, 5.74) is 1.11. The third-order valence-electron chi connectivity index (χ3n) is 4.24. The van der Waals surface area contributed by atoms with Crippen LogP contribution in [0.1, 0.15) is 38.2 Å². The number of benzene rings is 1. The van der Waals surface area contributed by atoms with Crippen LogP contribution < -0.4 is 10.1 Å². The van der Waals surface area contributed by atoms with Gasteiger partial charge in [-0.1, -0.05) is 32.0 Å². The van der Waals surface area contributed by atoms with Gasteiger partial charge in [0.2, 0.25) is 5.91 Å². The lowest BCUT2D eigenvalue weighted by Gasteiger charge is -2.21. The van der Waals surface area contributed by atoms with Crippen molar-refractivity contribution in [3.63, 3.8) is 0 Å². The van der Waals surface area contributed by atoms with Gasteiger partial charge < -0.3 is 15.2 Å². The molecule has 0 spiro atoms. The zero-order chi connectivity index (χ0) is 15.4. The van der Waals surface area contributed by atoms with Crippen molar-refractivity contribution in [2.45, 2.75) is 38.6 Å². The van der Waals surface area contributed by atoms with E-state index in [1.807, 2.05) is 24.3 Å². The Hall–Kier alpha value is -1.55. The van der Waals surface area contributed by atoms with Gasteiger partial charge >= 0.3 is 0 Å². The first-order valence-corrected chi connectivity index (χ1v) is 7.62. The molecule has 1 saturated carbocycles. The number of amides is 1. The fourth-order valence-electron chi connectivity index (χ4n) is 2.80. The Bertz CT molecular complexity index is 487. The Labute approximate surface area is 126 Å². The number of nitrogens with one attached hydrogen (secondary N) is 1. The second-order valence-electron chi connectivity index (χ2n) is 6.06. The van der Waals surface area contributed by atoms with Crippen molar-refractivity contribution in [1.82, 2.24) is 5.32 Å². The van der Waals surface area contributed by atoms with Crippen LogP contribution in [0.15, 0.2) is 24.3 Å². The predicted molar refractivity (Wildman–Crippen MR) is 82.3 cm³/mol. The van der Waals surface area contributed by atoms with Crippen LogP contribution in [0.25, 0.3) is 0 Å². The molecular weight excluding hydrogens is 266 g/mol. The number of hydrogen-bond donors (Lipinski definition) is 2. The number of hydrogen-bond acceptors (Lipinski definition) is 3. The Balaban J connectivity index is 1.97. The molecule has 0 bridgehead atoms. The van der Waals surface area contributed by atoms with Gasteiger partial charge in [0.1, 0.15) is 5.75 Å². The molecule has 1 aromatic carbocycles. The van der Waals surface area contributed by atoms with Gasteiger partial charge in [-0.3, -0.25) is 4.79 Å². The average molecular weight is 291 g/mol. The van der Waals surface area contributed by atoms with Gasteiger partial charge in [-0.25, -0.2) is 0 Å². The minimum Gasteiger partial charge on any atom is -0.496 e. The van der Waals surface area contributed by atoms with Crippen molar-refractivity contribution in [3.8, 4) is 5.75 Å². The molecule has 3 atom stereocenters. The van der Waals surface area contributed by atoms with Gasteiger partial charge in [0, 0.05) is 18.6 Å². The molecular formula is C17H25NO3. The average Bonchev–Trinajstić information content (AvgIpc) is 3.27. The number of methoxy groups -OCH3 is 1. The summed E-state index contributed by atoms with van der Waals surface area (Å²) in [6, 6.07) is 7.93. The maximum Gasteiger partial charge on any atom is 0.223 e. The van der Waals surface area contributed by atoms with Crippen LogP contribution in [-0.4, -0.2) is 30.8 Å². The first kappa shape index (κ1) is 15.8. The molecule has 2 N–H and O–H groups in total. The zero-order valence-electron chi connectivity index (χ0n) is 13.0. The van der Waals surface area contributed by atoms with Crippen LogP contribution in [0.3, 0.4) is 0 Å². The fraction of sp³-hybridized carbons (Fsp3) is 0.588. The van der Waals surface area contributed by atoms with E-state index in [9.17, 15) is 4.79 Å². The van der Waals surface area contributed by atoms with Crippen LogP contribution in [0.2, 0.25) is 0 Å². The lowest BCUT2D eigenvalue weighted by Crippen LogP contribution is -2.40. The highest BCUT2D eigenvalue weighted by Gasteiger charge is 2.45. The van der Waals surface area contributed by atoms with E-state index >= 15 is 0 Å². The number of rotatable bonds is 7. The third kappa shape index (κ3) is 3.76. The molecule has 0 heterocycles. The van der Waals surface area contributed by atoms with Crippen molar-refractivity contribution in [3.05, 3.63) is 29.8 Å². The molecule has 0 aromatic heterocycles. The van der Waals surface area contributed by atoms with Crippen LogP contribution >= 0.6 is 0 Å². The highest BCUT2D eigenvalue weighted by atomic mass is 16.5. The molecule has 1 aliphatic rings. The lowest BCUT2D eigenvalue weighted by atomic mass is 10.0. The number of aliphatic hydroxyl groups is 1. The van der Waals surface area contributed by atoms with Gasteiger partial charge in [0.05, 0.1) is 7.11 Å². The summed E-state index contributed by atoms with van der Waals surface area (Å²) in [4.78, 5) is 12.3. The van der Waals surface area contributed by atoms with E-state index in [1.165, 1.54) is 0 Å². The minimum absolute atomic E-state index is 0.0289. The van der Waals surface area contributed by atoms with Gasteiger partial charge in [0.25, 0.3) is 0 Å². The van der Waals surface area contributed by atoms with E-state index in [4.69, 9.17) is 9.84 Å². The monoisotopic (exact) mass is 291 g/mol. The first-order valence-electron chi connectivity index (χ1n) is 7.62. The summed E-state index contributed by atoms with van der Waals surface area (Å²) in [5.74, 6) is 1.56. The van der Waals surface area contributed by atoms with Gasteiger partial charge in [-0.05, 0) is 36.3 Å². The summed E-state index contributed by atoms with van der Waals surface area (Å²) in [6.07, 6.45) is 1.48. The summed E-state index contributed by atoms with van der Waals surface area (Å²) in [7, 11) is 1.66. The minimum atomic E-state index is 0.0289. The SMILES string of the molecule is COc1ccccc1C1CC1C(=O)NC(CCO)C(C)C. The molecule has 4 heteroatoms. The Morgan fingerprint density at radius 2 is 2.14 bits per heavy atom. The number of carbonyl (C=O) groups is 1. The van der Waals surface area contributed by atoms with E-state index in [1.54, 1.807) is 7.11 Å². The quantitative estimate of drug-likeness (QED) is 0.810. The van der Waals surface area contributed by atoms with Gasteiger partial charge in [0.15, 0.2) is 0 Å². The van der Waals surface area contributed by atoms with Crippen LogP contribution in [0, 0.1) is 11.8 Å². The molecule has 0 radical (unpaired) electrons. The van der Waals surface area contributed by atoms with Crippen LogP contribution in [-0.2, 0) is 4.79 Å². The number of ether oxygens (including phenoxy) is 1. The Morgan fingerprint density at radius 3 is 2.76 bits per heavy atom. The molecule has 116 valence electrons. The molecule has 2 rings (SSSR count). The lowest BCUT2D eigenvalue weighted by molar-refractivity contribution is -0.123. The van der Waals surface area contributed by atoms with E-state index in [0.717, 1.165) is 17.7 Å². The summed E-state index contributed by atoms with van der Waals surface area (Å²) in [6.45, 7) is 4.22. The van der Waals surface area contributed by atoms with Crippen molar-refractivity contribution < 1.29 is 14.6 Å². The smallest absolute Gasteiger partial charge is 0.223 e. The molecule has 1 aliphatic carbocycles. The van der Waals surface area contributed by atoms with Crippen molar-refractivity contribution in [1.29, 1.82) is 0 Å². The van der Waals surface area contributed by atoms with Crippen LogP contribution in [0.4, 0.5) is 0 Å². The maximum absolute atomic E-state index is 12.3. The van der Waals surface area contributed by atoms with E-state index in [2.05, 4.69) is 19.2 Å². The molecule has 0 aliphatic heterocycles. The van der Waals surface area contributed by atoms with Crippen molar-refractivity contribution >= 4 is 5.91 Å². The molecule has 4 nitrogen and oxygen atoms in total. The van der Waals surface area contributed by atoms with E-state index < -0.39 is 0 Å². The topological polar surface area (TPSA) is 58.6 Å². The largest absolute Gasteiger partial charge is 0.496 e. The Morgan fingerprint density at radius 1 is 1.43 bits per heavy atom. The molecule has 1 fully saturated rings. The first-order chi connectivity index (χ1) is 10.1. The molecule has 1 amide bonds. The summed E-state index contributed by atoms with van der Waals surface area (Å²) < 4.78 is 5.37. The summed E-state index contributed by atoms with van der Waals surface area (Å²) in [5, 5.41) is 12.2. The standard InChI is InChI=1S/C17H25NO3/c1-11(2)15(8-9-19)18-17(20)14-10-13(14)12-6-4-5-7-16(12)21-3/h4-7,11,13-15,19H,8-10H2,1-3H3,(H,18,20). The molecule has 1 aromatic rings. The molecule has 3 unspecified atom stereocenters. The Kier molecular flexibility index (Phi) is 5.23. The number of carbonyl (C=O) groups excluding carboxylic acids is 1. The zero-order valence-corrected chi connectivity index (χ0v) is 13.0. The fourth-order valence-corrected chi connectivity index (χ4v) is 2.80. The second kappa shape index (κ2) is 6.94. The van der Waals surface area contributed by atoms with Crippen molar-refractivity contribution in [2.24, 2.45) is 11.8 Å². The van der Waals surface area contributed by atoms with Gasteiger partial charge in [-0.15, -0.1) is 0 Å². The number of aliphatic hydroxyl groups excluding tert-OH is 1. The summed E-state index contributed by atoms with van der Waals surface area (Å²) >= 11 is 0. The molecule has 0 saturated heterocycles. The van der Waals surface area contributed by atoms with E-state index in [0.29, 0.717) is 12.3 Å². The molecule has 21 heavy (non-hydrogen) atoms. The highest BCUT2D eigenvalue weighted by molar-refractivity contribution is 5.83.